The van der Waals surface area contributed by atoms with Gasteiger partial charge in [0.15, 0.2) is 17.0 Å². The maximum atomic E-state index is 6.08. The first-order valence-electron chi connectivity index (χ1n) is 11.7. The fourth-order valence-corrected chi connectivity index (χ4v) is 5.08. The number of hydrogen-bond donors (Lipinski definition) is 3. The molecule has 7 nitrogen and oxygen atoms in total. The van der Waals surface area contributed by atoms with Crippen LogP contribution in [-0.4, -0.2) is 31.6 Å². The number of anilines is 2. The topological polar surface area (TPSA) is 93.7 Å². The molecule has 4 aromatic rings. The maximum Gasteiger partial charge on any atom is 0.227 e. The molecule has 0 amide bonds. The lowest BCUT2D eigenvalue weighted by Gasteiger charge is -2.27. The van der Waals surface area contributed by atoms with Crippen molar-refractivity contribution in [3.8, 4) is 10.4 Å². The van der Waals surface area contributed by atoms with Crippen LogP contribution in [0.25, 0.3) is 21.6 Å². The Morgan fingerprint density at radius 1 is 1.09 bits per heavy atom. The van der Waals surface area contributed by atoms with Crippen molar-refractivity contribution in [3.63, 3.8) is 0 Å². The van der Waals surface area contributed by atoms with Gasteiger partial charge in [0.25, 0.3) is 0 Å². The monoisotopic (exact) mass is 461 g/mol. The van der Waals surface area contributed by atoms with Gasteiger partial charge in [0.2, 0.25) is 5.95 Å². The van der Waals surface area contributed by atoms with Crippen LogP contribution in [0.4, 0.5) is 11.8 Å². The van der Waals surface area contributed by atoms with E-state index in [1.807, 2.05) is 6.33 Å². The summed E-state index contributed by atoms with van der Waals surface area (Å²) in [5.74, 6) is 1.41. The number of imidazole rings is 1. The number of rotatable bonds is 7. The number of benzene rings is 1. The third kappa shape index (κ3) is 4.86. The van der Waals surface area contributed by atoms with Gasteiger partial charge in [-0.2, -0.15) is 9.97 Å². The van der Waals surface area contributed by atoms with E-state index in [9.17, 15) is 0 Å². The average molecular weight is 462 g/mol. The Morgan fingerprint density at radius 2 is 1.88 bits per heavy atom. The highest BCUT2D eigenvalue weighted by Crippen LogP contribution is 2.27. The van der Waals surface area contributed by atoms with Crippen LogP contribution in [0, 0.1) is 0 Å². The first-order valence-corrected chi connectivity index (χ1v) is 12.6. The smallest absolute Gasteiger partial charge is 0.227 e. The zero-order chi connectivity index (χ0) is 22.8. The van der Waals surface area contributed by atoms with Crippen LogP contribution in [0.3, 0.4) is 0 Å². The quantitative estimate of drug-likeness (QED) is 0.340. The second-order valence-corrected chi connectivity index (χ2v) is 10.0. The zero-order valence-electron chi connectivity index (χ0n) is 19.2. The van der Waals surface area contributed by atoms with E-state index in [2.05, 4.69) is 75.8 Å². The first kappa shape index (κ1) is 21.9. The van der Waals surface area contributed by atoms with Gasteiger partial charge in [-0.25, -0.2) is 4.98 Å². The molecular weight excluding hydrogens is 430 g/mol. The molecular formula is C25H31N7S. The molecule has 1 aliphatic carbocycles. The van der Waals surface area contributed by atoms with Gasteiger partial charge in [-0.15, -0.1) is 11.3 Å². The third-order valence-corrected chi connectivity index (χ3v) is 7.22. The van der Waals surface area contributed by atoms with Gasteiger partial charge in [0.05, 0.1) is 6.33 Å². The first-order chi connectivity index (χ1) is 16.1. The van der Waals surface area contributed by atoms with E-state index in [1.165, 1.54) is 16.0 Å². The van der Waals surface area contributed by atoms with Gasteiger partial charge in [0.1, 0.15) is 0 Å². The van der Waals surface area contributed by atoms with Crippen molar-refractivity contribution < 1.29 is 0 Å². The number of aromatic nitrogens is 4. The van der Waals surface area contributed by atoms with Gasteiger partial charge < -0.3 is 20.9 Å². The van der Waals surface area contributed by atoms with Gasteiger partial charge >= 0.3 is 0 Å². The number of nitrogens with zero attached hydrogens (tertiary/aromatic N) is 4. The lowest BCUT2D eigenvalue weighted by molar-refractivity contribution is 0.410. The molecule has 4 N–H and O–H groups in total. The van der Waals surface area contributed by atoms with Crippen LogP contribution in [0.1, 0.15) is 51.1 Å². The molecule has 0 spiro atoms. The van der Waals surface area contributed by atoms with Crippen molar-refractivity contribution in [1.82, 2.24) is 19.5 Å². The van der Waals surface area contributed by atoms with Gasteiger partial charge in [-0.3, -0.25) is 0 Å². The SMILES string of the molecule is CC(C)n1cnc2c(NCc3ccc(-c4cccs4)cc3)nc(NC3CCC(N)CC3)nc21. The lowest BCUT2D eigenvalue weighted by atomic mass is 9.92. The summed E-state index contributed by atoms with van der Waals surface area (Å²) in [5, 5.41) is 9.17. The Kier molecular flexibility index (Phi) is 6.28. The maximum absolute atomic E-state index is 6.08. The predicted octanol–water partition coefficient (Wildman–Crippen LogP) is 5.43. The molecule has 0 aliphatic heterocycles. The van der Waals surface area contributed by atoms with E-state index in [4.69, 9.17) is 15.7 Å². The van der Waals surface area contributed by atoms with Crippen molar-refractivity contribution in [2.24, 2.45) is 5.73 Å². The molecule has 5 rings (SSSR count). The summed E-state index contributed by atoms with van der Waals surface area (Å²) in [6.45, 7) is 4.95. The molecule has 3 aromatic heterocycles. The Balaban J connectivity index is 1.37. The fourth-order valence-electron chi connectivity index (χ4n) is 4.34. The summed E-state index contributed by atoms with van der Waals surface area (Å²) in [6, 6.07) is 13.8. The minimum atomic E-state index is 0.267. The zero-order valence-corrected chi connectivity index (χ0v) is 20.0. The molecule has 0 unspecified atom stereocenters. The summed E-state index contributed by atoms with van der Waals surface area (Å²) >= 11 is 1.76. The average Bonchev–Trinajstić information content (AvgIpc) is 3.50. The van der Waals surface area contributed by atoms with E-state index < -0.39 is 0 Å². The molecule has 33 heavy (non-hydrogen) atoms. The second kappa shape index (κ2) is 9.49. The highest BCUT2D eigenvalue weighted by Gasteiger charge is 2.21. The van der Waals surface area contributed by atoms with Crippen LogP contribution in [0.2, 0.25) is 0 Å². The van der Waals surface area contributed by atoms with Crippen molar-refractivity contribution in [1.29, 1.82) is 0 Å². The van der Waals surface area contributed by atoms with Crippen LogP contribution in [-0.2, 0) is 6.54 Å². The van der Waals surface area contributed by atoms with Crippen molar-refractivity contribution in [2.45, 2.75) is 64.2 Å². The minimum Gasteiger partial charge on any atom is -0.364 e. The fraction of sp³-hybridized carbons (Fsp3) is 0.400. The van der Waals surface area contributed by atoms with E-state index in [0.29, 0.717) is 24.6 Å². The molecule has 1 aromatic carbocycles. The molecule has 1 fully saturated rings. The molecule has 0 radical (unpaired) electrons. The number of nitrogens with two attached hydrogens (primary N) is 1. The van der Waals surface area contributed by atoms with Gasteiger partial charge in [-0.05, 0) is 62.1 Å². The van der Waals surface area contributed by atoms with Crippen molar-refractivity contribution >= 4 is 34.3 Å². The van der Waals surface area contributed by atoms with Crippen LogP contribution < -0.4 is 16.4 Å². The molecule has 172 valence electrons. The Labute approximate surface area is 198 Å². The predicted molar refractivity (Wildman–Crippen MR) is 137 cm³/mol. The summed E-state index contributed by atoms with van der Waals surface area (Å²) in [4.78, 5) is 15.6. The van der Waals surface area contributed by atoms with E-state index in [-0.39, 0.29) is 6.04 Å². The summed E-state index contributed by atoms with van der Waals surface area (Å²) in [6.07, 6.45) is 6.03. The van der Waals surface area contributed by atoms with E-state index in [0.717, 1.165) is 42.7 Å². The molecule has 1 saturated carbocycles. The molecule has 8 heteroatoms. The normalized spacial score (nSPS) is 18.7. The molecule has 3 heterocycles. The van der Waals surface area contributed by atoms with Crippen LogP contribution in [0.5, 0.6) is 0 Å². The number of fused-ring (bicyclic) bond motifs is 1. The molecule has 0 bridgehead atoms. The van der Waals surface area contributed by atoms with Crippen LogP contribution in [0.15, 0.2) is 48.1 Å². The van der Waals surface area contributed by atoms with Gasteiger partial charge in [0, 0.05) is 29.5 Å². The number of hydrogen-bond acceptors (Lipinski definition) is 7. The van der Waals surface area contributed by atoms with Crippen molar-refractivity contribution in [2.75, 3.05) is 10.6 Å². The Bertz CT molecular complexity index is 1190. The van der Waals surface area contributed by atoms with Crippen LogP contribution >= 0.6 is 11.3 Å². The number of thiophene rings is 1. The minimum absolute atomic E-state index is 0.267. The van der Waals surface area contributed by atoms with Gasteiger partial charge in [-0.1, -0.05) is 30.3 Å². The highest BCUT2D eigenvalue weighted by molar-refractivity contribution is 7.13. The summed E-state index contributed by atoms with van der Waals surface area (Å²) in [7, 11) is 0. The largest absolute Gasteiger partial charge is 0.364 e. The molecule has 0 saturated heterocycles. The van der Waals surface area contributed by atoms with E-state index >= 15 is 0 Å². The van der Waals surface area contributed by atoms with Crippen molar-refractivity contribution in [3.05, 3.63) is 53.7 Å². The summed E-state index contributed by atoms with van der Waals surface area (Å²) in [5.41, 5.74) is 10.2. The Morgan fingerprint density at radius 3 is 2.58 bits per heavy atom. The standard InChI is InChI=1S/C25H31N7S/c1-16(2)32-15-28-22-23(27-14-17-5-7-18(8-6-17)21-4-3-13-33-21)30-25(31-24(22)32)29-20-11-9-19(26)10-12-20/h3-8,13,15-16,19-20H,9-12,14,26H2,1-2H3,(H2,27,29,30,31). The Hall–Kier alpha value is -2.97. The highest BCUT2D eigenvalue weighted by atomic mass is 32.1. The number of nitrogens with one attached hydrogen (secondary N) is 2. The van der Waals surface area contributed by atoms with E-state index in [1.54, 1.807) is 11.3 Å². The lowest BCUT2D eigenvalue weighted by Crippen LogP contribution is -2.33. The molecule has 0 atom stereocenters. The third-order valence-electron chi connectivity index (χ3n) is 6.30. The summed E-state index contributed by atoms with van der Waals surface area (Å²) < 4.78 is 2.10. The second-order valence-electron chi connectivity index (χ2n) is 9.10. The molecule has 1 aliphatic rings.